The largest absolute Gasteiger partial charge is 0.268 e. The fourth-order valence-electron chi connectivity index (χ4n) is 1.48. The summed E-state index contributed by atoms with van der Waals surface area (Å²) in [5.74, 6) is -0.128. The summed E-state index contributed by atoms with van der Waals surface area (Å²) in [6.45, 7) is 0. The van der Waals surface area contributed by atoms with Gasteiger partial charge < -0.3 is 0 Å². The van der Waals surface area contributed by atoms with Gasteiger partial charge in [0.15, 0.2) is 5.82 Å². The van der Waals surface area contributed by atoms with Gasteiger partial charge in [0.2, 0.25) is 4.77 Å². The second-order valence-corrected chi connectivity index (χ2v) is 4.19. The maximum atomic E-state index is 12.3. The van der Waals surface area contributed by atoms with E-state index >= 15 is 0 Å². The zero-order valence-corrected chi connectivity index (χ0v) is 10.6. The molecule has 0 saturated carbocycles. The van der Waals surface area contributed by atoms with E-state index in [1.165, 1.54) is 4.57 Å². The molecule has 90 valence electrons. The summed E-state index contributed by atoms with van der Waals surface area (Å²) in [6.07, 6.45) is -0.0106. The molecule has 1 heterocycles. The topological polar surface area (TPSA) is 74.5 Å². The number of nitrogens with one attached hydrogen (secondary N) is 1. The maximum Gasteiger partial charge on any atom is 0.267 e. The molecule has 0 bridgehead atoms. The van der Waals surface area contributed by atoms with Gasteiger partial charge in [-0.1, -0.05) is 23.7 Å². The summed E-state index contributed by atoms with van der Waals surface area (Å²) in [5, 5.41) is 15.3. The fraction of sp³-hybridized carbons (Fsp3) is 0.0909. The number of benzene rings is 1. The lowest BCUT2D eigenvalue weighted by molar-refractivity contribution is 0.0955. The van der Waals surface area contributed by atoms with Crippen molar-refractivity contribution in [1.82, 2.24) is 14.8 Å². The van der Waals surface area contributed by atoms with Crippen LogP contribution in [0.3, 0.4) is 0 Å². The Kier molecular flexibility index (Phi) is 3.55. The number of hydrogen-bond donors (Lipinski definition) is 1. The number of nitrogens with zero attached hydrogens (tertiary/aromatic N) is 3. The third-order valence-electron chi connectivity index (χ3n) is 2.29. The summed E-state index contributed by atoms with van der Waals surface area (Å²) in [5.41, 5.74) is 0.316. The lowest BCUT2D eigenvalue weighted by Crippen LogP contribution is -2.15. The van der Waals surface area contributed by atoms with Crippen molar-refractivity contribution in [3.63, 3.8) is 0 Å². The molecule has 2 aromatic rings. The molecule has 0 aliphatic carbocycles. The molecule has 0 atom stereocenters. The van der Waals surface area contributed by atoms with E-state index in [2.05, 4.69) is 10.2 Å². The highest BCUT2D eigenvalue weighted by Gasteiger charge is 2.17. The molecule has 18 heavy (non-hydrogen) atoms. The van der Waals surface area contributed by atoms with Crippen molar-refractivity contribution in [2.75, 3.05) is 0 Å². The zero-order chi connectivity index (χ0) is 13.1. The number of nitriles is 1. The van der Waals surface area contributed by atoms with E-state index in [9.17, 15) is 4.79 Å². The van der Waals surface area contributed by atoms with Crippen molar-refractivity contribution in [2.45, 2.75) is 6.42 Å². The van der Waals surface area contributed by atoms with E-state index < -0.39 is 5.91 Å². The number of hydrogen-bond acceptors (Lipinski definition) is 4. The van der Waals surface area contributed by atoms with Gasteiger partial charge in [-0.05, 0) is 24.4 Å². The van der Waals surface area contributed by atoms with Crippen molar-refractivity contribution in [1.29, 1.82) is 5.26 Å². The van der Waals surface area contributed by atoms with Gasteiger partial charge >= 0.3 is 0 Å². The fourth-order valence-corrected chi connectivity index (χ4v) is 1.93. The second kappa shape index (κ2) is 5.12. The van der Waals surface area contributed by atoms with Crippen LogP contribution in [0.2, 0.25) is 5.02 Å². The van der Waals surface area contributed by atoms with Crippen molar-refractivity contribution < 1.29 is 4.79 Å². The van der Waals surface area contributed by atoms with Crippen LogP contribution in [0, 0.1) is 16.1 Å². The van der Waals surface area contributed by atoms with E-state index in [1.807, 2.05) is 6.07 Å². The van der Waals surface area contributed by atoms with Crippen LogP contribution in [0.1, 0.15) is 16.2 Å². The minimum absolute atomic E-state index is 0.0106. The Balaban J connectivity index is 2.54. The molecule has 1 N–H and O–H groups in total. The first kappa shape index (κ1) is 12.5. The Labute approximate surface area is 113 Å². The number of H-pyrrole nitrogens is 1. The number of carbonyl (C=O) groups excluding carboxylic acids is 1. The Hall–Kier alpha value is -1.97. The van der Waals surface area contributed by atoms with Gasteiger partial charge in [0.1, 0.15) is 0 Å². The first-order chi connectivity index (χ1) is 8.65. The van der Waals surface area contributed by atoms with E-state index in [-0.39, 0.29) is 17.0 Å². The highest BCUT2D eigenvalue weighted by Crippen LogP contribution is 2.17. The molecule has 1 aromatic heterocycles. The number of carbonyl (C=O) groups is 1. The molecular weight excluding hydrogens is 272 g/mol. The standard InChI is InChI=1S/C11H7ClN4OS/c12-8-4-2-1-3-7(8)10(17)16-9(5-6-13)14-15-11(16)18/h1-4H,5H2,(H,15,18). The molecular formula is C11H7ClN4OS. The Morgan fingerprint density at radius 1 is 1.56 bits per heavy atom. The van der Waals surface area contributed by atoms with Gasteiger partial charge in [-0.25, -0.2) is 4.57 Å². The molecule has 2 rings (SSSR count). The lowest BCUT2D eigenvalue weighted by atomic mass is 10.2. The van der Waals surface area contributed by atoms with Gasteiger partial charge in [0.25, 0.3) is 5.91 Å². The monoisotopic (exact) mass is 278 g/mol. The summed E-state index contributed by atoms with van der Waals surface area (Å²) in [4.78, 5) is 12.3. The first-order valence-electron chi connectivity index (χ1n) is 4.97. The van der Waals surface area contributed by atoms with E-state index in [1.54, 1.807) is 24.3 Å². The highest BCUT2D eigenvalue weighted by atomic mass is 35.5. The summed E-state index contributed by atoms with van der Waals surface area (Å²) in [6, 6.07) is 8.56. The van der Waals surface area contributed by atoms with Crippen LogP contribution in [0.15, 0.2) is 24.3 Å². The summed E-state index contributed by atoms with van der Waals surface area (Å²) < 4.78 is 1.32. The first-order valence-corrected chi connectivity index (χ1v) is 5.76. The van der Waals surface area contributed by atoms with Gasteiger partial charge in [-0.15, -0.1) is 0 Å². The Morgan fingerprint density at radius 3 is 2.94 bits per heavy atom. The molecule has 0 aliphatic rings. The Bertz CT molecular complexity index is 698. The number of rotatable bonds is 2. The normalized spacial score (nSPS) is 10.0. The second-order valence-electron chi connectivity index (χ2n) is 3.40. The van der Waals surface area contributed by atoms with Gasteiger partial charge in [0, 0.05) is 0 Å². The van der Waals surface area contributed by atoms with Gasteiger partial charge in [-0.2, -0.15) is 10.4 Å². The lowest BCUT2D eigenvalue weighted by Gasteiger charge is -2.05. The average molecular weight is 279 g/mol. The molecule has 7 heteroatoms. The van der Waals surface area contributed by atoms with Crippen molar-refractivity contribution in [2.24, 2.45) is 0 Å². The van der Waals surface area contributed by atoms with Gasteiger partial charge in [-0.3, -0.25) is 9.89 Å². The van der Waals surface area contributed by atoms with Crippen LogP contribution in [0.4, 0.5) is 0 Å². The predicted octanol–water partition coefficient (Wildman–Crippen LogP) is 2.35. The Morgan fingerprint density at radius 2 is 2.28 bits per heavy atom. The smallest absolute Gasteiger partial charge is 0.267 e. The van der Waals surface area contributed by atoms with Crippen LogP contribution in [0.5, 0.6) is 0 Å². The SMILES string of the molecule is N#CCc1n[nH]c(=S)n1C(=O)c1ccccc1Cl. The van der Waals surface area contributed by atoms with Crippen LogP contribution < -0.4 is 0 Å². The molecule has 1 aromatic carbocycles. The zero-order valence-electron chi connectivity index (χ0n) is 9.05. The van der Waals surface area contributed by atoms with Crippen LogP contribution in [-0.2, 0) is 6.42 Å². The highest BCUT2D eigenvalue weighted by molar-refractivity contribution is 7.71. The predicted molar refractivity (Wildman–Crippen MR) is 67.9 cm³/mol. The van der Waals surface area contributed by atoms with Crippen molar-refractivity contribution in [3.05, 3.63) is 45.4 Å². The third-order valence-corrected chi connectivity index (χ3v) is 2.89. The van der Waals surface area contributed by atoms with Gasteiger partial charge in [0.05, 0.1) is 23.1 Å². The molecule has 0 spiro atoms. The third kappa shape index (κ3) is 2.18. The van der Waals surface area contributed by atoms with Crippen LogP contribution in [0.25, 0.3) is 0 Å². The molecule has 0 unspecified atom stereocenters. The molecule has 0 aliphatic heterocycles. The molecule has 0 amide bonds. The molecule has 0 fully saturated rings. The number of aromatic nitrogens is 3. The summed E-state index contributed by atoms with van der Waals surface area (Å²) >= 11 is 10.9. The van der Waals surface area contributed by atoms with Crippen LogP contribution >= 0.6 is 23.8 Å². The molecule has 0 saturated heterocycles. The van der Waals surface area contributed by atoms with Crippen molar-refractivity contribution in [3.8, 4) is 6.07 Å². The number of halogens is 1. The van der Waals surface area contributed by atoms with Crippen molar-refractivity contribution >= 4 is 29.7 Å². The van der Waals surface area contributed by atoms with E-state index in [4.69, 9.17) is 29.1 Å². The quantitative estimate of drug-likeness (QED) is 0.856. The minimum Gasteiger partial charge on any atom is -0.268 e. The minimum atomic E-state index is -0.399. The molecule has 0 radical (unpaired) electrons. The van der Waals surface area contributed by atoms with Crippen LogP contribution in [-0.4, -0.2) is 20.7 Å². The van der Waals surface area contributed by atoms with E-state index in [0.29, 0.717) is 10.6 Å². The summed E-state index contributed by atoms with van der Waals surface area (Å²) in [7, 11) is 0. The molecule has 5 nitrogen and oxygen atoms in total. The number of aromatic amines is 1. The maximum absolute atomic E-state index is 12.3. The van der Waals surface area contributed by atoms with E-state index in [0.717, 1.165) is 0 Å². The average Bonchev–Trinajstić information content (AvgIpc) is 2.71.